The van der Waals surface area contributed by atoms with Crippen molar-refractivity contribution in [2.24, 2.45) is 0 Å². The average molecular weight is 297 g/mol. The summed E-state index contributed by atoms with van der Waals surface area (Å²) in [6.45, 7) is 3.68. The molecule has 5 heteroatoms. The Bertz CT molecular complexity index is 830. The van der Waals surface area contributed by atoms with Gasteiger partial charge in [-0.25, -0.2) is 0 Å². The normalized spacial score (nSPS) is 22.0. The first-order valence-corrected chi connectivity index (χ1v) is 6.89. The van der Waals surface area contributed by atoms with Crippen LogP contribution in [0.15, 0.2) is 48.8 Å². The maximum Gasteiger partial charge on any atom is 0.200 e. The van der Waals surface area contributed by atoms with Crippen LogP contribution in [-0.2, 0) is 21.6 Å². The van der Waals surface area contributed by atoms with Crippen molar-refractivity contribution < 1.29 is 19.8 Å². The summed E-state index contributed by atoms with van der Waals surface area (Å²) in [5.41, 5.74) is -0.192. The van der Waals surface area contributed by atoms with Gasteiger partial charge in [0.1, 0.15) is 0 Å². The Balaban J connectivity index is 2.28. The molecule has 0 bridgehead atoms. The van der Waals surface area contributed by atoms with Crippen LogP contribution in [0.4, 0.5) is 0 Å². The zero-order chi connectivity index (χ0) is 15.9. The van der Waals surface area contributed by atoms with Crippen molar-refractivity contribution in [3.63, 3.8) is 0 Å². The Morgan fingerprint density at radius 2 is 2.05 bits per heavy atom. The molecule has 1 atom stereocenters. The molecular weight excluding hydrogens is 282 g/mol. The fraction of sp³-hybridized carbons (Fsp3) is 0.176. The topological polar surface area (TPSA) is 90.4 Å². The molecule has 0 radical (unpaired) electrons. The summed E-state index contributed by atoms with van der Waals surface area (Å²) in [4.78, 5) is 27.2. The molecule has 0 aliphatic heterocycles. The largest absolute Gasteiger partial charge is 0.504 e. The van der Waals surface area contributed by atoms with Gasteiger partial charge in [0.15, 0.2) is 17.1 Å². The third-order valence-corrected chi connectivity index (χ3v) is 3.92. The predicted octanol–water partition coefficient (Wildman–Crippen LogP) is 2.07. The molecule has 0 spiro atoms. The van der Waals surface area contributed by atoms with E-state index in [2.05, 4.69) is 11.6 Å². The predicted molar refractivity (Wildman–Crippen MR) is 81.4 cm³/mol. The monoisotopic (exact) mass is 297 g/mol. The summed E-state index contributed by atoms with van der Waals surface area (Å²) >= 11 is 0. The lowest BCUT2D eigenvalue weighted by Crippen LogP contribution is -2.41. The van der Waals surface area contributed by atoms with E-state index in [9.17, 15) is 19.8 Å². The lowest BCUT2D eigenvalue weighted by Gasteiger charge is -2.28. The number of aromatic amines is 1. The van der Waals surface area contributed by atoms with E-state index >= 15 is 0 Å². The third-order valence-electron chi connectivity index (χ3n) is 3.92. The minimum absolute atomic E-state index is 0.380. The Hall–Kier alpha value is -2.66. The number of H-pyrrole nitrogens is 1. The first-order valence-electron chi connectivity index (χ1n) is 6.89. The Morgan fingerprint density at radius 1 is 1.32 bits per heavy atom. The van der Waals surface area contributed by atoms with Crippen LogP contribution in [0.25, 0.3) is 10.9 Å². The van der Waals surface area contributed by atoms with Crippen LogP contribution in [0.1, 0.15) is 17.7 Å². The molecule has 3 N–H and O–H groups in total. The van der Waals surface area contributed by atoms with E-state index in [1.54, 1.807) is 18.2 Å². The second-order valence-electron chi connectivity index (χ2n) is 5.37. The van der Waals surface area contributed by atoms with E-state index in [-0.39, 0.29) is 0 Å². The number of carbonyl (C=O) groups excluding carboxylic acids is 2. The summed E-state index contributed by atoms with van der Waals surface area (Å²) in [5.74, 6) is -1.96. The van der Waals surface area contributed by atoms with Crippen molar-refractivity contribution in [1.29, 1.82) is 0 Å². The second kappa shape index (κ2) is 4.96. The summed E-state index contributed by atoms with van der Waals surface area (Å²) in [6, 6.07) is 7.24. The number of hydrogen-bond donors (Lipinski definition) is 3. The number of nitrogens with one attached hydrogen (secondary N) is 1. The van der Waals surface area contributed by atoms with Gasteiger partial charge in [0, 0.05) is 34.7 Å². The summed E-state index contributed by atoms with van der Waals surface area (Å²) in [6.07, 6.45) is 2.40. The molecule has 112 valence electrons. The lowest BCUT2D eigenvalue weighted by atomic mass is 9.79. The molecule has 3 rings (SSSR count). The molecule has 1 aliphatic carbocycles. The van der Waals surface area contributed by atoms with Gasteiger partial charge < -0.3 is 15.2 Å². The zero-order valence-corrected chi connectivity index (χ0v) is 11.8. The Morgan fingerprint density at radius 3 is 2.77 bits per heavy atom. The van der Waals surface area contributed by atoms with Crippen LogP contribution < -0.4 is 0 Å². The number of benzene rings is 1. The first-order chi connectivity index (χ1) is 10.5. The minimum atomic E-state index is -1.97. The number of rotatable bonds is 3. The maximum atomic E-state index is 12.3. The average Bonchev–Trinajstić information content (AvgIpc) is 2.84. The molecule has 0 saturated carbocycles. The fourth-order valence-electron chi connectivity index (χ4n) is 2.91. The zero-order valence-electron chi connectivity index (χ0n) is 11.8. The molecule has 2 aromatic rings. The number of aliphatic hydroxyl groups is 2. The van der Waals surface area contributed by atoms with Crippen LogP contribution >= 0.6 is 0 Å². The molecule has 1 heterocycles. The lowest BCUT2D eigenvalue weighted by molar-refractivity contribution is -0.141. The highest BCUT2D eigenvalue weighted by atomic mass is 16.3. The third kappa shape index (κ3) is 1.98. The van der Waals surface area contributed by atoms with Gasteiger partial charge in [-0.2, -0.15) is 0 Å². The summed E-state index contributed by atoms with van der Waals surface area (Å²) in [7, 11) is 0. The van der Waals surface area contributed by atoms with Crippen molar-refractivity contribution in [2.45, 2.75) is 18.4 Å². The van der Waals surface area contributed by atoms with E-state index in [4.69, 9.17) is 0 Å². The van der Waals surface area contributed by atoms with Crippen molar-refractivity contribution in [1.82, 2.24) is 4.98 Å². The molecule has 1 aromatic carbocycles. The highest BCUT2D eigenvalue weighted by molar-refractivity contribution is 6.13. The number of fused-ring (bicyclic) bond motifs is 1. The van der Waals surface area contributed by atoms with E-state index < -0.39 is 29.3 Å². The van der Waals surface area contributed by atoms with Gasteiger partial charge in [-0.05, 0) is 6.07 Å². The molecular formula is C17H15NO4. The van der Waals surface area contributed by atoms with E-state index in [0.29, 0.717) is 23.1 Å². The van der Waals surface area contributed by atoms with Crippen molar-refractivity contribution in [2.75, 3.05) is 0 Å². The number of hydrogen-bond acceptors (Lipinski definition) is 4. The number of para-hydroxylation sites is 1. The molecule has 0 amide bonds. The van der Waals surface area contributed by atoms with Gasteiger partial charge in [0.25, 0.3) is 0 Å². The van der Waals surface area contributed by atoms with Crippen LogP contribution in [-0.4, -0.2) is 26.8 Å². The van der Waals surface area contributed by atoms with Crippen molar-refractivity contribution in [3.05, 3.63) is 60.0 Å². The minimum Gasteiger partial charge on any atom is -0.504 e. The van der Waals surface area contributed by atoms with Crippen molar-refractivity contribution in [3.8, 4) is 0 Å². The fourth-order valence-corrected chi connectivity index (χ4v) is 2.91. The molecule has 0 fully saturated rings. The second-order valence-corrected chi connectivity index (χ2v) is 5.37. The van der Waals surface area contributed by atoms with E-state index in [1.807, 2.05) is 12.1 Å². The molecule has 0 saturated heterocycles. The van der Waals surface area contributed by atoms with Gasteiger partial charge in [-0.3, -0.25) is 9.59 Å². The smallest absolute Gasteiger partial charge is 0.200 e. The number of ketones is 2. The van der Waals surface area contributed by atoms with Crippen LogP contribution in [0.5, 0.6) is 0 Å². The highest BCUT2D eigenvalue weighted by Crippen LogP contribution is 2.38. The van der Waals surface area contributed by atoms with Gasteiger partial charge in [0.2, 0.25) is 5.78 Å². The van der Waals surface area contributed by atoms with Crippen LogP contribution in [0.2, 0.25) is 0 Å². The molecule has 5 nitrogen and oxygen atoms in total. The standard InChI is InChI=1S/C17H15NO4/c1-2-5-12-16(10-6-3-4-7-11(10)18-12)17(22)9-14(20)13(19)8-15(17)21/h2-4,6-8,18-19,22H,1,5,9H2. The van der Waals surface area contributed by atoms with Crippen LogP contribution in [0, 0.1) is 0 Å². The number of Topliss-reactive ketones (excluding diaryl/α,β-unsaturated/α-hetero) is 1. The molecule has 22 heavy (non-hydrogen) atoms. The summed E-state index contributed by atoms with van der Waals surface area (Å²) in [5, 5.41) is 21.0. The molecule has 1 unspecified atom stereocenters. The van der Waals surface area contributed by atoms with Gasteiger partial charge in [0.05, 0.1) is 6.42 Å². The van der Waals surface area contributed by atoms with Crippen molar-refractivity contribution >= 4 is 22.5 Å². The first kappa shape index (κ1) is 14.3. The highest BCUT2D eigenvalue weighted by Gasteiger charge is 2.46. The van der Waals surface area contributed by atoms with E-state index in [1.165, 1.54) is 0 Å². The Labute approximate surface area is 126 Å². The number of aromatic nitrogens is 1. The van der Waals surface area contributed by atoms with E-state index in [0.717, 1.165) is 11.6 Å². The van der Waals surface area contributed by atoms with Gasteiger partial charge in [-0.15, -0.1) is 6.58 Å². The van der Waals surface area contributed by atoms with Gasteiger partial charge in [-0.1, -0.05) is 24.3 Å². The van der Waals surface area contributed by atoms with Crippen LogP contribution in [0.3, 0.4) is 0 Å². The quantitative estimate of drug-likeness (QED) is 0.756. The van der Waals surface area contributed by atoms with Gasteiger partial charge >= 0.3 is 0 Å². The Kier molecular flexibility index (Phi) is 3.22. The number of aliphatic hydroxyl groups excluding tert-OH is 1. The molecule has 1 aromatic heterocycles. The SMILES string of the molecule is C=CCc1[nH]c2ccccc2c1C1(O)CC(=O)C(O)=CC1=O. The maximum absolute atomic E-state index is 12.3. The molecule has 1 aliphatic rings. The number of allylic oxidation sites excluding steroid dienone is 2. The number of carbonyl (C=O) groups is 2. The summed E-state index contributed by atoms with van der Waals surface area (Å²) < 4.78 is 0.